The standard InChI is InChI=1S/C15H29NO4Si/c1-7-13(16-14(17)8-2)15(18-4)12(3)10-9-11-21(15,19-5)20-6/h8,12-13H,2,7,9-11H2,1,3-6H3,(H,16,17). The van der Waals surface area contributed by atoms with Gasteiger partial charge in [-0.1, -0.05) is 26.8 Å². The smallest absolute Gasteiger partial charge is 0.373 e. The summed E-state index contributed by atoms with van der Waals surface area (Å²) in [5, 5.41) is 2.43. The largest absolute Gasteiger partial charge is 0.396 e. The van der Waals surface area contributed by atoms with E-state index in [9.17, 15) is 4.79 Å². The van der Waals surface area contributed by atoms with E-state index in [4.69, 9.17) is 13.6 Å². The van der Waals surface area contributed by atoms with Crippen molar-refractivity contribution in [3.8, 4) is 0 Å². The third-order valence-electron chi connectivity index (χ3n) is 4.90. The van der Waals surface area contributed by atoms with Gasteiger partial charge in [-0.05, 0) is 30.9 Å². The molecule has 1 aliphatic rings. The Morgan fingerprint density at radius 1 is 1.48 bits per heavy atom. The molecule has 1 N–H and O–H groups in total. The monoisotopic (exact) mass is 315 g/mol. The first-order valence-electron chi connectivity index (χ1n) is 7.56. The summed E-state index contributed by atoms with van der Waals surface area (Å²) in [7, 11) is 2.49. The van der Waals surface area contributed by atoms with Gasteiger partial charge in [-0.15, -0.1) is 0 Å². The summed E-state index contributed by atoms with van der Waals surface area (Å²) in [5.74, 6) is 0.0593. The lowest BCUT2D eigenvalue weighted by atomic mass is 9.90. The van der Waals surface area contributed by atoms with Gasteiger partial charge in [0.2, 0.25) is 5.91 Å². The first-order chi connectivity index (χ1) is 9.97. The maximum Gasteiger partial charge on any atom is 0.373 e. The molecule has 6 heteroatoms. The zero-order valence-electron chi connectivity index (χ0n) is 13.9. The van der Waals surface area contributed by atoms with Gasteiger partial charge >= 0.3 is 8.56 Å². The van der Waals surface area contributed by atoms with Crippen molar-refractivity contribution in [3.63, 3.8) is 0 Å². The third-order valence-corrected chi connectivity index (χ3v) is 9.46. The van der Waals surface area contributed by atoms with Crippen molar-refractivity contribution < 1.29 is 18.4 Å². The number of rotatable bonds is 7. The van der Waals surface area contributed by atoms with Crippen molar-refractivity contribution in [1.29, 1.82) is 0 Å². The number of ether oxygens (including phenoxy) is 1. The normalized spacial score (nSPS) is 29.7. The molecular weight excluding hydrogens is 286 g/mol. The molecular formula is C15H29NO4Si. The number of nitrogens with one attached hydrogen (secondary N) is 1. The summed E-state index contributed by atoms with van der Waals surface area (Å²) < 4.78 is 17.9. The van der Waals surface area contributed by atoms with E-state index in [1.54, 1.807) is 21.3 Å². The van der Waals surface area contributed by atoms with Crippen LogP contribution in [0.15, 0.2) is 12.7 Å². The number of amides is 1. The summed E-state index contributed by atoms with van der Waals surface area (Å²) in [6, 6.07) is 0.716. The molecule has 1 saturated heterocycles. The Hall–Kier alpha value is -0.693. The SMILES string of the molecule is C=CC(=O)NC(CC)C1(OC)C(C)CCC[Si]1(OC)OC. The van der Waals surface area contributed by atoms with Gasteiger partial charge in [0.1, 0.15) is 5.22 Å². The van der Waals surface area contributed by atoms with E-state index in [0.717, 1.165) is 25.3 Å². The topological polar surface area (TPSA) is 56.8 Å². The third kappa shape index (κ3) is 2.95. The van der Waals surface area contributed by atoms with E-state index in [-0.39, 0.29) is 17.9 Å². The Morgan fingerprint density at radius 3 is 2.52 bits per heavy atom. The van der Waals surface area contributed by atoms with Gasteiger partial charge in [-0.2, -0.15) is 0 Å². The Balaban J connectivity index is 3.32. The first-order valence-corrected chi connectivity index (χ1v) is 9.58. The van der Waals surface area contributed by atoms with Crippen molar-refractivity contribution in [3.05, 3.63) is 12.7 Å². The molecule has 3 atom stereocenters. The van der Waals surface area contributed by atoms with Crippen molar-refractivity contribution in [2.24, 2.45) is 5.92 Å². The molecule has 0 aromatic heterocycles. The first kappa shape index (κ1) is 18.4. The Labute approximate surface area is 129 Å². The van der Waals surface area contributed by atoms with Crippen LogP contribution >= 0.6 is 0 Å². The Morgan fingerprint density at radius 2 is 2.10 bits per heavy atom. The highest BCUT2D eigenvalue weighted by molar-refractivity contribution is 6.71. The molecule has 1 aliphatic heterocycles. The number of hydrogen-bond donors (Lipinski definition) is 1. The van der Waals surface area contributed by atoms with Crippen LogP contribution in [0.3, 0.4) is 0 Å². The van der Waals surface area contributed by atoms with Crippen LogP contribution in [0, 0.1) is 5.92 Å². The van der Waals surface area contributed by atoms with Crippen molar-refractivity contribution >= 4 is 14.5 Å². The molecule has 5 nitrogen and oxygen atoms in total. The highest BCUT2D eigenvalue weighted by Crippen LogP contribution is 2.46. The van der Waals surface area contributed by atoms with Gasteiger partial charge in [0.05, 0.1) is 6.04 Å². The van der Waals surface area contributed by atoms with Crippen LogP contribution in [0.1, 0.15) is 33.1 Å². The lowest BCUT2D eigenvalue weighted by molar-refractivity contribution is -0.121. The molecule has 21 heavy (non-hydrogen) atoms. The fraction of sp³-hybridized carbons (Fsp3) is 0.800. The summed E-state index contributed by atoms with van der Waals surface area (Å²) in [5.41, 5.74) is 0. The molecule has 0 aromatic rings. The lowest BCUT2D eigenvalue weighted by Crippen LogP contribution is -2.75. The predicted molar refractivity (Wildman–Crippen MR) is 85.1 cm³/mol. The highest BCUT2D eigenvalue weighted by atomic mass is 28.4. The van der Waals surface area contributed by atoms with E-state index in [2.05, 4.69) is 18.8 Å². The molecule has 0 bridgehead atoms. The van der Waals surface area contributed by atoms with E-state index in [0.29, 0.717) is 0 Å². The number of methoxy groups -OCH3 is 1. The highest BCUT2D eigenvalue weighted by Gasteiger charge is 2.65. The van der Waals surface area contributed by atoms with E-state index in [1.807, 2.05) is 6.92 Å². The van der Waals surface area contributed by atoms with E-state index < -0.39 is 13.8 Å². The number of hydrogen-bond acceptors (Lipinski definition) is 4. The molecule has 0 aliphatic carbocycles. The summed E-state index contributed by atoms with van der Waals surface area (Å²) in [6.45, 7) is 7.73. The van der Waals surface area contributed by atoms with Gasteiger partial charge in [-0.3, -0.25) is 4.79 Å². The maximum atomic E-state index is 11.8. The fourth-order valence-corrected chi connectivity index (χ4v) is 8.17. The molecule has 1 amide bonds. The molecule has 0 saturated carbocycles. The van der Waals surface area contributed by atoms with Crippen LogP contribution in [0.4, 0.5) is 0 Å². The molecule has 0 radical (unpaired) electrons. The van der Waals surface area contributed by atoms with Gasteiger partial charge in [0.25, 0.3) is 0 Å². The van der Waals surface area contributed by atoms with Crippen LogP contribution in [0.2, 0.25) is 6.04 Å². The lowest BCUT2D eigenvalue weighted by Gasteiger charge is -2.54. The second-order valence-electron chi connectivity index (χ2n) is 5.63. The van der Waals surface area contributed by atoms with E-state index in [1.165, 1.54) is 6.08 Å². The summed E-state index contributed by atoms with van der Waals surface area (Å²) in [6.07, 6.45) is 4.14. The van der Waals surface area contributed by atoms with Crippen LogP contribution in [-0.4, -0.2) is 47.1 Å². The summed E-state index contributed by atoms with van der Waals surface area (Å²) in [4.78, 5) is 11.8. The average Bonchev–Trinajstić information content (AvgIpc) is 2.52. The van der Waals surface area contributed by atoms with Gasteiger partial charge < -0.3 is 18.9 Å². The minimum absolute atomic E-state index is 0.158. The van der Waals surface area contributed by atoms with Crippen LogP contribution in [-0.2, 0) is 18.4 Å². The quantitative estimate of drug-likeness (QED) is 0.578. The Bertz CT molecular complexity index is 373. The van der Waals surface area contributed by atoms with E-state index >= 15 is 0 Å². The average molecular weight is 315 g/mol. The van der Waals surface area contributed by atoms with Crippen LogP contribution in [0.25, 0.3) is 0 Å². The fourth-order valence-electron chi connectivity index (χ4n) is 3.88. The number of carbonyl (C=O) groups excluding carboxylic acids is 1. The van der Waals surface area contributed by atoms with Crippen LogP contribution in [0.5, 0.6) is 0 Å². The molecule has 1 rings (SSSR count). The van der Waals surface area contributed by atoms with Crippen molar-refractivity contribution in [2.75, 3.05) is 21.3 Å². The summed E-state index contributed by atoms with van der Waals surface area (Å²) >= 11 is 0. The molecule has 122 valence electrons. The second kappa shape index (κ2) is 7.53. The minimum atomic E-state index is -2.61. The van der Waals surface area contributed by atoms with Crippen molar-refractivity contribution in [1.82, 2.24) is 5.32 Å². The molecule has 0 spiro atoms. The van der Waals surface area contributed by atoms with Gasteiger partial charge in [0.15, 0.2) is 0 Å². The number of carbonyl (C=O) groups is 1. The van der Waals surface area contributed by atoms with Gasteiger partial charge in [0, 0.05) is 21.3 Å². The predicted octanol–water partition coefficient (Wildman–Crippen LogP) is 2.16. The van der Waals surface area contributed by atoms with Crippen LogP contribution < -0.4 is 5.32 Å². The molecule has 1 fully saturated rings. The Kier molecular flexibility index (Phi) is 6.59. The second-order valence-corrected chi connectivity index (χ2v) is 9.23. The minimum Gasteiger partial charge on any atom is -0.396 e. The maximum absolute atomic E-state index is 11.8. The zero-order valence-corrected chi connectivity index (χ0v) is 14.9. The zero-order chi connectivity index (χ0) is 16.1. The molecule has 0 aromatic carbocycles. The molecule has 1 heterocycles. The van der Waals surface area contributed by atoms with Crippen molar-refractivity contribution in [2.45, 2.75) is 50.4 Å². The molecule has 3 unspecified atom stereocenters. The van der Waals surface area contributed by atoms with Gasteiger partial charge in [-0.25, -0.2) is 0 Å².